The van der Waals surface area contributed by atoms with Crippen molar-refractivity contribution in [2.45, 2.75) is 12.5 Å². The summed E-state index contributed by atoms with van der Waals surface area (Å²) in [6.07, 6.45) is 0. The quantitative estimate of drug-likeness (QED) is 0.675. The first-order valence-corrected chi connectivity index (χ1v) is 6.43. The molecule has 4 N–H and O–H groups in total. The highest BCUT2D eigenvalue weighted by Gasteiger charge is 2.29. The van der Waals surface area contributed by atoms with Gasteiger partial charge < -0.3 is 21.3 Å². The summed E-state index contributed by atoms with van der Waals surface area (Å²) in [5.41, 5.74) is 5.72. The third-order valence-electron chi connectivity index (χ3n) is 2.94. The third kappa shape index (κ3) is 4.24. The van der Waals surface area contributed by atoms with E-state index < -0.39 is 5.54 Å². The van der Waals surface area contributed by atoms with Crippen LogP contribution in [0.4, 0.5) is 4.79 Å². The fraction of sp³-hybridized carbons (Fsp3) is 0.429. The van der Waals surface area contributed by atoms with Crippen molar-refractivity contribution < 1.29 is 9.59 Å². The predicted molar refractivity (Wildman–Crippen MR) is 78.1 cm³/mol. The van der Waals surface area contributed by atoms with Gasteiger partial charge in [0.1, 0.15) is 5.54 Å². The van der Waals surface area contributed by atoms with Crippen LogP contribution in [-0.2, 0) is 10.3 Å². The van der Waals surface area contributed by atoms with Gasteiger partial charge in [0, 0.05) is 27.2 Å². The maximum atomic E-state index is 12.1. The molecule has 20 heavy (non-hydrogen) atoms. The highest BCUT2D eigenvalue weighted by Crippen LogP contribution is 2.16. The molecule has 0 aromatic heterocycles. The van der Waals surface area contributed by atoms with E-state index in [2.05, 4.69) is 10.6 Å². The Morgan fingerprint density at radius 2 is 1.70 bits per heavy atom. The number of nitrogens with two attached hydrogens (primary N) is 1. The van der Waals surface area contributed by atoms with Gasteiger partial charge in [0.25, 0.3) is 0 Å². The number of urea groups is 1. The first-order chi connectivity index (χ1) is 9.35. The topological polar surface area (TPSA) is 87.5 Å². The van der Waals surface area contributed by atoms with Crippen LogP contribution in [0.25, 0.3) is 0 Å². The lowest BCUT2D eigenvalue weighted by Crippen LogP contribution is -2.50. The Labute approximate surface area is 119 Å². The van der Waals surface area contributed by atoms with E-state index in [0.717, 1.165) is 5.56 Å². The van der Waals surface area contributed by atoms with Crippen molar-refractivity contribution >= 4 is 11.9 Å². The van der Waals surface area contributed by atoms with Gasteiger partial charge in [-0.15, -0.1) is 0 Å². The van der Waals surface area contributed by atoms with Crippen molar-refractivity contribution in [1.82, 2.24) is 15.5 Å². The van der Waals surface area contributed by atoms with E-state index in [-0.39, 0.29) is 11.9 Å². The largest absolute Gasteiger partial charge is 0.352 e. The SMILES string of the molecule is CN(C)C(=O)NCCNC(=O)C(C)(N)c1ccccc1. The Balaban J connectivity index is 2.45. The lowest BCUT2D eigenvalue weighted by atomic mass is 9.92. The summed E-state index contributed by atoms with van der Waals surface area (Å²) >= 11 is 0. The summed E-state index contributed by atoms with van der Waals surface area (Å²) in [5, 5.41) is 5.38. The smallest absolute Gasteiger partial charge is 0.316 e. The van der Waals surface area contributed by atoms with Crippen LogP contribution in [0.1, 0.15) is 12.5 Å². The van der Waals surface area contributed by atoms with Gasteiger partial charge in [0.15, 0.2) is 0 Å². The molecule has 0 saturated heterocycles. The molecule has 1 rings (SSSR count). The summed E-state index contributed by atoms with van der Waals surface area (Å²) in [7, 11) is 3.31. The van der Waals surface area contributed by atoms with Crippen LogP contribution in [0.15, 0.2) is 30.3 Å². The lowest BCUT2D eigenvalue weighted by Gasteiger charge is -2.24. The molecule has 0 heterocycles. The number of hydrogen-bond acceptors (Lipinski definition) is 3. The Morgan fingerprint density at radius 1 is 1.15 bits per heavy atom. The van der Waals surface area contributed by atoms with Crippen molar-refractivity contribution in [3.05, 3.63) is 35.9 Å². The molecule has 1 aromatic carbocycles. The zero-order valence-corrected chi connectivity index (χ0v) is 12.1. The molecule has 0 radical (unpaired) electrons. The van der Waals surface area contributed by atoms with Gasteiger partial charge >= 0.3 is 6.03 Å². The fourth-order valence-corrected chi connectivity index (χ4v) is 1.60. The Kier molecular flexibility index (Phi) is 5.52. The van der Waals surface area contributed by atoms with E-state index in [1.54, 1.807) is 21.0 Å². The third-order valence-corrected chi connectivity index (χ3v) is 2.94. The van der Waals surface area contributed by atoms with Gasteiger partial charge in [0.2, 0.25) is 5.91 Å². The van der Waals surface area contributed by atoms with E-state index in [0.29, 0.717) is 13.1 Å². The molecular formula is C14H22N4O2. The number of benzene rings is 1. The molecule has 1 unspecified atom stereocenters. The van der Waals surface area contributed by atoms with Crippen LogP contribution in [0.3, 0.4) is 0 Å². The number of nitrogens with one attached hydrogen (secondary N) is 2. The van der Waals surface area contributed by atoms with E-state index in [9.17, 15) is 9.59 Å². The molecule has 0 spiro atoms. The molecule has 0 aliphatic rings. The number of nitrogens with zero attached hydrogens (tertiary/aromatic N) is 1. The predicted octanol–water partition coefficient (Wildman–Crippen LogP) is 0.248. The number of amides is 3. The molecule has 0 aliphatic carbocycles. The van der Waals surface area contributed by atoms with E-state index in [4.69, 9.17) is 5.73 Å². The summed E-state index contributed by atoms with van der Waals surface area (Å²) in [5.74, 6) is -0.275. The van der Waals surface area contributed by atoms with E-state index >= 15 is 0 Å². The van der Waals surface area contributed by atoms with Crippen molar-refractivity contribution in [3.63, 3.8) is 0 Å². The fourth-order valence-electron chi connectivity index (χ4n) is 1.60. The Morgan fingerprint density at radius 3 is 2.25 bits per heavy atom. The zero-order chi connectivity index (χ0) is 15.2. The van der Waals surface area contributed by atoms with Crippen molar-refractivity contribution in [1.29, 1.82) is 0 Å². The van der Waals surface area contributed by atoms with Gasteiger partial charge in [-0.25, -0.2) is 4.79 Å². The highest BCUT2D eigenvalue weighted by atomic mass is 16.2. The second-order valence-corrected chi connectivity index (χ2v) is 4.95. The van der Waals surface area contributed by atoms with Gasteiger partial charge in [0.05, 0.1) is 0 Å². The average molecular weight is 278 g/mol. The molecule has 0 fully saturated rings. The summed E-state index contributed by atoms with van der Waals surface area (Å²) in [6, 6.07) is 8.98. The second-order valence-electron chi connectivity index (χ2n) is 4.95. The van der Waals surface area contributed by atoms with E-state index in [1.807, 2.05) is 30.3 Å². The van der Waals surface area contributed by atoms with Crippen LogP contribution in [0.5, 0.6) is 0 Å². The Bertz CT molecular complexity index is 458. The maximum absolute atomic E-state index is 12.1. The molecule has 1 atom stereocenters. The molecule has 0 aliphatic heterocycles. The number of rotatable bonds is 5. The van der Waals surface area contributed by atoms with Crippen molar-refractivity contribution in [2.24, 2.45) is 5.73 Å². The molecule has 0 bridgehead atoms. The van der Waals surface area contributed by atoms with E-state index in [1.165, 1.54) is 4.90 Å². The number of carbonyl (C=O) groups excluding carboxylic acids is 2. The normalized spacial score (nSPS) is 13.2. The molecular weight excluding hydrogens is 256 g/mol. The van der Waals surface area contributed by atoms with Gasteiger partial charge in [-0.05, 0) is 12.5 Å². The molecule has 6 nitrogen and oxygen atoms in total. The highest BCUT2D eigenvalue weighted by molar-refractivity contribution is 5.87. The zero-order valence-electron chi connectivity index (χ0n) is 12.1. The van der Waals surface area contributed by atoms with Crippen LogP contribution in [-0.4, -0.2) is 44.0 Å². The molecule has 110 valence electrons. The standard InChI is InChI=1S/C14H22N4O2/c1-14(15,11-7-5-4-6-8-11)12(19)16-9-10-17-13(20)18(2)3/h4-8H,9-10,15H2,1-3H3,(H,16,19)(H,17,20). The molecule has 3 amide bonds. The number of hydrogen-bond donors (Lipinski definition) is 3. The van der Waals surface area contributed by atoms with Crippen molar-refractivity contribution in [2.75, 3.05) is 27.2 Å². The minimum atomic E-state index is -1.09. The summed E-state index contributed by atoms with van der Waals surface area (Å²) in [6.45, 7) is 2.35. The lowest BCUT2D eigenvalue weighted by molar-refractivity contribution is -0.126. The summed E-state index contributed by atoms with van der Waals surface area (Å²) < 4.78 is 0. The molecule has 6 heteroatoms. The first kappa shape index (κ1) is 16.0. The van der Waals surface area contributed by atoms with Gasteiger partial charge in [-0.2, -0.15) is 0 Å². The average Bonchev–Trinajstić information content (AvgIpc) is 2.43. The van der Waals surface area contributed by atoms with Crippen LogP contribution in [0, 0.1) is 0 Å². The summed E-state index contributed by atoms with van der Waals surface area (Å²) in [4.78, 5) is 24.8. The van der Waals surface area contributed by atoms with Crippen molar-refractivity contribution in [3.8, 4) is 0 Å². The molecule has 0 saturated carbocycles. The van der Waals surface area contributed by atoms with Crippen LogP contribution < -0.4 is 16.4 Å². The minimum Gasteiger partial charge on any atom is -0.352 e. The van der Waals surface area contributed by atoms with Crippen LogP contribution in [0.2, 0.25) is 0 Å². The molecule has 1 aromatic rings. The minimum absolute atomic E-state index is 0.196. The maximum Gasteiger partial charge on any atom is 0.316 e. The number of carbonyl (C=O) groups is 2. The van der Waals surface area contributed by atoms with Crippen LogP contribution >= 0.6 is 0 Å². The van der Waals surface area contributed by atoms with Gasteiger partial charge in [-0.3, -0.25) is 4.79 Å². The Hall–Kier alpha value is -2.08. The van der Waals surface area contributed by atoms with Gasteiger partial charge in [-0.1, -0.05) is 30.3 Å². The first-order valence-electron chi connectivity index (χ1n) is 6.43. The second kappa shape index (κ2) is 6.91. The monoisotopic (exact) mass is 278 g/mol.